The van der Waals surface area contributed by atoms with Crippen LogP contribution in [-0.2, 0) is 0 Å². The van der Waals surface area contributed by atoms with Crippen LogP contribution in [0, 0.1) is 0 Å². The molecule has 0 spiro atoms. The Hall–Kier alpha value is -1.05. The molecule has 0 aromatic heterocycles. The molecule has 2 heteroatoms. The smallest absolute Gasteiger partial charge is 0.0496 e. The summed E-state index contributed by atoms with van der Waals surface area (Å²) < 4.78 is 0. The van der Waals surface area contributed by atoms with E-state index in [4.69, 9.17) is 5.73 Å². The van der Waals surface area contributed by atoms with Crippen molar-refractivity contribution in [1.82, 2.24) is 0 Å². The van der Waals surface area contributed by atoms with Crippen molar-refractivity contribution >= 4 is 6.21 Å². The van der Waals surface area contributed by atoms with Gasteiger partial charge in [0.2, 0.25) is 0 Å². The number of hydrogen-bond acceptors (Lipinski definition) is 2. The number of rotatable bonds is 2. The van der Waals surface area contributed by atoms with Crippen molar-refractivity contribution < 1.29 is 0 Å². The quantitative estimate of drug-likeness (QED) is 0.439. The van der Waals surface area contributed by atoms with Crippen LogP contribution in [0.5, 0.6) is 0 Å². The predicted molar refractivity (Wildman–Crippen MR) is 41.3 cm³/mol. The molecule has 50 valence electrons. The molecule has 0 amide bonds. The SMILES string of the molecule is CC=N/C=C(N)/C=C/C. The minimum atomic E-state index is 0.676. The molecule has 0 atom stereocenters. The highest BCUT2D eigenvalue weighted by molar-refractivity contribution is 5.54. The van der Waals surface area contributed by atoms with Gasteiger partial charge in [0.05, 0.1) is 0 Å². The Morgan fingerprint density at radius 1 is 1.44 bits per heavy atom. The van der Waals surface area contributed by atoms with Gasteiger partial charge >= 0.3 is 0 Å². The molecular formula is C7H12N2. The van der Waals surface area contributed by atoms with Gasteiger partial charge in [0.1, 0.15) is 0 Å². The zero-order chi connectivity index (χ0) is 7.11. The van der Waals surface area contributed by atoms with Gasteiger partial charge in [-0.05, 0) is 19.9 Å². The summed E-state index contributed by atoms with van der Waals surface area (Å²) in [4.78, 5) is 3.83. The van der Waals surface area contributed by atoms with E-state index < -0.39 is 0 Å². The summed E-state index contributed by atoms with van der Waals surface area (Å²) in [5.74, 6) is 0. The Balaban J connectivity index is 3.84. The number of aliphatic imine (C=N–C) groups is 1. The Bertz CT molecular complexity index is 143. The molecule has 2 N–H and O–H groups in total. The lowest BCUT2D eigenvalue weighted by Crippen LogP contribution is -1.90. The van der Waals surface area contributed by atoms with E-state index in [2.05, 4.69) is 4.99 Å². The van der Waals surface area contributed by atoms with Gasteiger partial charge in [-0.25, -0.2) is 0 Å². The summed E-state index contributed by atoms with van der Waals surface area (Å²) in [5, 5.41) is 0. The molecule has 0 saturated carbocycles. The number of nitrogens with two attached hydrogens (primary N) is 1. The first-order valence-corrected chi connectivity index (χ1v) is 2.87. The highest BCUT2D eigenvalue weighted by Crippen LogP contribution is 1.85. The van der Waals surface area contributed by atoms with Crippen LogP contribution in [0.2, 0.25) is 0 Å². The van der Waals surface area contributed by atoms with Crippen molar-refractivity contribution in [1.29, 1.82) is 0 Å². The van der Waals surface area contributed by atoms with Crippen molar-refractivity contribution in [3.8, 4) is 0 Å². The standard InChI is InChI=1S/C7H12N2/c1-3-5-7(8)6-9-4-2/h3-6H,8H2,1-2H3/b5-3+,7-6-,9-4?. The molecule has 0 unspecified atom stereocenters. The third kappa shape index (κ3) is 4.81. The lowest BCUT2D eigenvalue weighted by Gasteiger charge is -1.84. The fourth-order valence-corrected chi connectivity index (χ4v) is 0.396. The van der Waals surface area contributed by atoms with Crippen LogP contribution in [0.1, 0.15) is 13.8 Å². The summed E-state index contributed by atoms with van der Waals surface area (Å²) in [5.41, 5.74) is 6.11. The molecular weight excluding hydrogens is 112 g/mol. The maximum absolute atomic E-state index is 5.43. The molecule has 9 heavy (non-hydrogen) atoms. The van der Waals surface area contributed by atoms with Crippen LogP contribution < -0.4 is 5.73 Å². The first kappa shape index (κ1) is 7.95. The van der Waals surface area contributed by atoms with Crippen molar-refractivity contribution in [2.75, 3.05) is 0 Å². The molecule has 0 aliphatic carbocycles. The molecule has 0 bridgehead atoms. The summed E-state index contributed by atoms with van der Waals surface area (Å²) in [7, 11) is 0. The predicted octanol–water partition coefficient (Wildman–Crippen LogP) is 1.45. The summed E-state index contributed by atoms with van der Waals surface area (Å²) in [6, 6.07) is 0. The average Bonchev–Trinajstić information content (AvgIpc) is 1.85. The fraction of sp³-hybridized carbons (Fsp3) is 0.286. The number of hydrogen-bond donors (Lipinski definition) is 1. The van der Waals surface area contributed by atoms with Crippen LogP contribution in [0.3, 0.4) is 0 Å². The van der Waals surface area contributed by atoms with Crippen LogP contribution in [0.15, 0.2) is 29.0 Å². The van der Waals surface area contributed by atoms with E-state index in [0.717, 1.165) is 0 Å². The fourth-order valence-electron chi connectivity index (χ4n) is 0.396. The first-order chi connectivity index (χ1) is 4.31. The zero-order valence-electron chi connectivity index (χ0n) is 5.83. The normalized spacial score (nSPS) is 13.8. The second-order valence-corrected chi connectivity index (χ2v) is 1.54. The van der Waals surface area contributed by atoms with Crippen molar-refractivity contribution in [2.24, 2.45) is 10.7 Å². The van der Waals surface area contributed by atoms with Gasteiger partial charge in [-0.3, -0.25) is 4.99 Å². The van der Waals surface area contributed by atoms with Gasteiger partial charge in [-0.15, -0.1) is 0 Å². The second kappa shape index (κ2) is 5.09. The van der Waals surface area contributed by atoms with Gasteiger partial charge in [0.15, 0.2) is 0 Å². The molecule has 0 radical (unpaired) electrons. The molecule has 0 aliphatic heterocycles. The lowest BCUT2D eigenvalue weighted by atomic mass is 10.4. The van der Waals surface area contributed by atoms with Gasteiger partial charge in [-0.1, -0.05) is 6.08 Å². The first-order valence-electron chi connectivity index (χ1n) is 2.87. The van der Waals surface area contributed by atoms with Crippen LogP contribution >= 0.6 is 0 Å². The van der Waals surface area contributed by atoms with E-state index in [1.165, 1.54) is 0 Å². The van der Waals surface area contributed by atoms with Gasteiger partial charge in [0.25, 0.3) is 0 Å². The van der Waals surface area contributed by atoms with E-state index in [1.807, 2.05) is 19.9 Å². The molecule has 0 rings (SSSR count). The zero-order valence-corrected chi connectivity index (χ0v) is 5.83. The van der Waals surface area contributed by atoms with E-state index in [1.54, 1.807) is 18.5 Å². The van der Waals surface area contributed by atoms with Gasteiger partial charge < -0.3 is 5.73 Å². The molecule has 0 saturated heterocycles. The highest BCUT2D eigenvalue weighted by atomic mass is 14.7. The maximum Gasteiger partial charge on any atom is 0.0496 e. The lowest BCUT2D eigenvalue weighted by molar-refractivity contribution is 1.36. The minimum Gasteiger partial charge on any atom is -0.397 e. The van der Waals surface area contributed by atoms with Crippen molar-refractivity contribution in [2.45, 2.75) is 13.8 Å². The minimum absolute atomic E-state index is 0.676. The van der Waals surface area contributed by atoms with Gasteiger partial charge in [-0.2, -0.15) is 0 Å². The molecule has 0 fully saturated rings. The maximum atomic E-state index is 5.43. The van der Waals surface area contributed by atoms with E-state index in [0.29, 0.717) is 5.70 Å². The second-order valence-electron chi connectivity index (χ2n) is 1.54. The van der Waals surface area contributed by atoms with Crippen LogP contribution in [0.25, 0.3) is 0 Å². The summed E-state index contributed by atoms with van der Waals surface area (Å²) in [6.45, 7) is 3.76. The van der Waals surface area contributed by atoms with Gasteiger partial charge in [0, 0.05) is 18.1 Å². The monoisotopic (exact) mass is 124 g/mol. The molecule has 0 aromatic carbocycles. The van der Waals surface area contributed by atoms with E-state index in [-0.39, 0.29) is 0 Å². The Kier molecular flexibility index (Phi) is 4.50. The van der Waals surface area contributed by atoms with Crippen LogP contribution in [-0.4, -0.2) is 6.21 Å². The van der Waals surface area contributed by atoms with E-state index >= 15 is 0 Å². The Morgan fingerprint density at radius 2 is 2.11 bits per heavy atom. The largest absolute Gasteiger partial charge is 0.397 e. The Labute approximate surface area is 55.8 Å². The average molecular weight is 124 g/mol. The molecule has 2 nitrogen and oxygen atoms in total. The summed E-state index contributed by atoms with van der Waals surface area (Å²) >= 11 is 0. The number of nitrogens with zero attached hydrogens (tertiary/aromatic N) is 1. The topological polar surface area (TPSA) is 38.4 Å². The third-order valence-electron chi connectivity index (χ3n) is 0.732. The van der Waals surface area contributed by atoms with Crippen LogP contribution in [0.4, 0.5) is 0 Å². The molecule has 0 heterocycles. The Morgan fingerprint density at radius 3 is 2.56 bits per heavy atom. The van der Waals surface area contributed by atoms with E-state index in [9.17, 15) is 0 Å². The number of allylic oxidation sites excluding steroid dienone is 2. The summed E-state index contributed by atoms with van der Waals surface area (Å²) in [6.07, 6.45) is 6.97. The molecule has 0 aliphatic rings. The third-order valence-corrected chi connectivity index (χ3v) is 0.732. The van der Waals surface area contributed by atoms with Crippen molar-refractivity contribution in [3.05, 3.63) is 24.0 Å². The molecule has 0 aromatic rings. The highest BCUT2D eigenvalue weighted by Gasteiger charge is 1.73. The van der Waals surface area contributed by atoms with Crippen molar-refractivity contribution in [3.63, 3.8) is 0 Å².